The second kappa shape index (κ2) is 12.4. The summed E-state index contributed by atoms with van der Waals surface area (Å²) in [5, 5.41) is 1.52. The molecular weight excluding hydrogens is 619 g/mol. The third-order valence-corrected chi connectivity index (χ3v) is 10.4. The van der Waals surface area contributed by atoms with Crippen LogP contribution < -0.4 is 14.4 Å². The van der Waals surface area contributed by atoms with Gasteiger partial charge in [-0.1, -0.05) is 12.0 Å². The van der Waals surface area contributed by atoms with E-state index in [1.165, 1.54) is 13.2 Å². The van der Waals surface area contributed by atoms with E-state index >= 15 is 8.78 Å². The minimum atomic E-state index is -0.904. The van der Waals surface area contributed by atoms with Gasteiger partial charge in [-0.3, -0.25) is 4.90 Å². The van der Waals surface area contributed by atoms with Gasteiger partial charge in [-0.05, 0) is 75.1 Å². The summed E-state index contributed by atoms with van der Waals surface area (Å²) in [7, 11) is 1.51. The van der Waals surface area contributed by atoms with E-state index in [-0.39, 0.29) is 42.1 Å². The lowest BCUT2D eigenvalue weighted by Gasteiger charge is -2.32. The molecule has 2 aromatic carbocycles. The van der Waals surface area contributed by atoms with E-state index in [1.807, 2.05) is 0 Å². The van der Waals surface area contributed by atoms with E-state index in [4.69, 9.17) is 35.6 Å². The van der Waals surface area contributed by atoms with Crippen LogP contribution in [0, 0.1) is 24.0 Å². The van der Waals surface area contributed by atoms with Gasteiger partial charge in [0.1, 0.15) is 41.4 Å². The minimum absolute atomic E-state index is 0.00485. The van der Waals surface area contributed by atoms with Crippen molar-refractivity contribution in [2.45, 2.75) is 69.0 Å². The molecule has 0 amide bonds. The van der Waals surface area contributed by atoms with Crippen LogP contribution in [0.25, 0.3) is 32.9 Å². The van der Waals surface area contributed by atoms with Gasteiger partial charge < -0.3 is 19.1 Å². The van der Waals surface area contributed by atoms with Gasteiger partial charge in [0.05, 0.1) is 22.2 Å². The number of aromatic nitrogens is 3. The highest BCUT2D eigenvalue weighted by atomic mass is 19.1. The summed E-state index contributed by atoms with van der Waals surface area (Å²) in [6, 6.07) is 6.29. The second-order valence-electron chi connectivity index (χ2n) is 13.6. The SMILES string of the molecule is C#Cc1c(F)ccc2cc(OCOC)cc(-c3nc(C4CC4)c4c(N5CCCCC5)nc(OC[C@@]56CCCN5C[C@H](F)C6)nc4c3F)c12. The number of nitrogens with zero attached hydrogens (tertiary/aromatic N) is 5. The van der Waals surface area contributed by atoms with E-state index in [0.29, 0.717) is 51.9 Å². The van der Waals surface area contributed by atoms with Crippen molar-refractivity contribution in [3.05, 3.63) is 47.2 Å². The molecule has 3 saturated heterocycles. The van der Waals surface area contributed by atoms with Crippen LogP contribution in [-0.2, 0) is 4.74 Å². The molecule has 11 heteroatoms. The molecule has 4 aliphatic rings. The predicted molar refractivity (Wildman–Crippen MR) is 177 cm³/mol. The molecule has 48 heavy (non-hydrogen) atoms. The van der Waals surface area contributed by atoms with Crippen LogP contribution in [-0.4, -0.2) is 78.3 Å². The number of rotatable bonds is 9. The first-order valence-corrected chi connectivity index (χ1v) is 16.9. The molecule has 1 aliphatic carbocycles. The van der Waals surface area contributed by atoms with Gasteiger partial charge in [-0.25, -0.2) is 18.2 Å². The molecule has 4 fully saturated rings. The van der Waals surface area contributed by atoms with Crippen molar-refractivity contribution in [3.63, 3.8) is 0 Å². The van der Waals surface area contributed by atoms with Crippen molar-refractivity contribution in [2.75, 3.05) is 51.6 Å². The van der Waals surface area contributed by atoms with Gasteiger partial charge in [0, 0.05) is 50.0 Å². The summed E-state index contributed by atoms with van der Waals surface area (Å²) >= 11 is 0. The Bertz CT molecular complexity index is 1940. The Morgan fingerprint density at radius 1 is 1.00 bits per heavy atom. The Labute approximate surface area is 277 Å². The minimum Gasteiger partial charge on any atom is -0.468 e. The standard InChI is InChI=1S/C37H38F3N5O3/c1-3-26-28(39)11-10-23-16-25(48-21-46-2)17-27(29(23)26)33-31(40)34-30(32(41-33)22-8-9-22)35(44-13-5-4-6-14-44)43-36(42-34)47-20-37-12-7-15-45(37)19-24(38)18-37/h1,10-11,16-17,22,24H,4-9,12-15,18-21H2,2H3/t24-,37+/m1/s1. The van der Waals surface area contributed by atoms with E-state index in [2.05, 4.69) is 15.7 Å². The summed E-state index contributed by atoms with van der Waals surface area (Å²) in [5.74, 6) is 2.31. The molecule has 1 saturated carbocycles. The molecule has 2 atom stereocenters. The van der Waals surface area contributed by atoms with Gasteiger partial charge in [0.2, 0.25) is 0 Å². The number of hydrogen-bond acceptors (Lipinski definition) is 8. The van der Waals surface area contributed by atoms with Crippen molar-refractivity contribution >= 4 is 27.5 Å². The Morgan fingerprint density at radius 3 is 2.60 bits per heavy atom. The average molecular weight is 658 g/mol. The van der Waals surface area contributed by atoms with E-state index in [0.717, 1.165) is 64.6 Å². The first kappa shape index (κ1) is 31.1. The fraction of sp³-hybridized carbons (Fsp3) is 0.486. The molecule has 8 rings (SSSR count). The van der Waals surface area contributed by atoms with Crippen LogP contribution in [0.15, 0.2) is 24.3 Å². The fourth-order valence-corrected chi connectivity index (χ4v) is 7.99. The Morgan fingerprint density at radius 2 is 1.83 bits per heavy atom. The number of hydrogen-bond donors (Lipinski definition) is 0. The summed E-state index contributed by atoms with van der Waals surface area (Å²) in [4.78, 5) is 19.0. The third-order valence-electron chi connectivity index (χ3n) is 10.4. The van der Waals surface area contributed by atoms with Gasteiger partial charge >= 0.3 is 6.01 Å². The van der Waals surface area contributed by atoms with Gasteiger partial charge in [-0.2, -0.15) is 9.97 Å². The Hall–Kier alpha value is -4.14. The number of terminal acetylenes is 1. The number of fused-ring (bicyclic) bond motifs is 3. The van der Waals surface area contributed by atoms with Crippen molar-refractivity contribution in [1.82, 2.24) is 19.9 Å². The Kier molecular flexibility index (Phi) is 8.04. The normalized spacial score (nSPS) is 22.7. The lowest BCUT2D eigenvalue weighted by molar-refractivity contribution is 0.0512. The van der Waals surface area contributed by atoms with Crippen LogP contribution >= 0.6 is 0 Å². The number of halogens is 3. The van der Waals surface area contributed by atoms with E-state index in [1.54, 1.807) is 18.2 Å². The molecule has 0 bridgehead atoms. The van der Waals surface area contributed by atoms with E-state index in [9.17, 15) is 4.39 Å². The zero-order chi connectivity index (χ0) is 33.0. The second-order valence-corrected chi connectivity index (χ2v) is 13.6. The lowest BCUT2D eigenvalue weighted by Crippen LogP contribution is -2.43. The maximum atomic E-state index is 17.3. The maximum absolute atomic E-state index is 17.3. The zero-order valence-corrected chi connectivity index (χ0v) is 27.0. The number of piperidine rings is 1. The van der Waals surface area contributed by atoms with Crippen molar-refractivity contribution < 1.29 is 27.4 Å². The number of benzene rings is 2. The molecule has 4 aromatic rings. The first-order chi connectivity index (χ1) is 23.4. The predicted octanol–water partition coefficient (Wildman–Crippen LogP) is 6.91. The molecule has 3 aliphatic heterocycles. The molecule has 0 N–H and O–H groups in total. The summed E-state index contributed by atoms with van der Waals surface area (Å²) in [5.41, 5.74) is 0.706. The van der Waals surface area contributed by atoms with E-state index < -0.39 is 23.3 Å². The number of alkyl halides is 1. The fourth-order valence-electron chi connectivity index (χ4n) is 7.99. The molecule has 250 valence electrons. The summed E-state index contributed by atoms with van der Waals surface area (Å²) < 4.78 is 64.3. The Balaban J connectivity index is 1.34. The van der Waals surface area contributed by atoms with Crippen molar-refractivity contribution in [2.24, 2.45) is 0 Å². The van der Waals surface area contributed by atoms with Crippen molar-refractivity contribution in [3.8, 4) is 35.4 Å². The number of pyridine rings is 1. The highest BCUT2D eigenvalue weighted by Gasteiger charge is 2.49. The third kappa shape index (κ3) is 5.39. The molecule has 0 unspecified atom stereocenters. The van der Waals surface area contributed by atoms with Gasteiger partial charge in [0.25, 0.3) is 0 Å². The van der Waals surface area contributed by atoms with Gasteiger partial charge in [-0.15, -0.1) is 6.42 Å². The van der Waals surface area contributed by atoms with Gasteiger partial charge in [0.15, 0.2) is 12.6 Å². The lowest BCUT2D eigenvalue weighted by atomic mass is 9.95. The largest absolute Gasteiger partial charge is 0.468 e. The summed E-state index contributed by atoms with van der Waals surface area (Å²) in [6.07, 6.45) is 12.0. The van der Waals surface area contributed by atoms with Crippen LogP contribution in [0.4, 0.5) is 19.0 Å². The molecular formula is C37H38F3N5O3. The monoisotopic (exact) mass is 657 g/mol. The summed E-state index contributed by atoms with van der Waals surface area (Å²) in [6.45, 7) is 2.96. The number of methoxy groups -OCH3 is 1. The van der Waals surface area contributed by atoms with Crippen LogP contribution in [0.3, 0.4) is 0 Å². The van der Waals surface area contributed by atoms with Crippen LogP contribution in [0.5, 0.6) is 11.8 Å². The number of ether oxygens (including phenoxy) is 3. The molecule has 0 spiro atoms. The maximum Gasteiger partial charge on any atom is 0.319 e. The molecule has 0 radical (unpaired) electrons. The zero-order valence-electron chi connectivity index (χ0n) is 27.0. The highest BCUT2D eigenvalue weighted by molar-refractivity contribution is 6.03. The quantitative estimate of drug-likeness (QED) is 0.142. The average Bonchev–Trinajstić information content (AvgIpc) is 3.80. The van der Waals surface area contributed by atoms with Crippen LogP contribution in [0.1, 0.15) is 68.5 Å². The number of anilines is 1. The molecule has 8 nitrogen and oxygen atoms in total. The topological polar surface area (TPSA) is 72.8 Å². The molecule has 2 aromatic heterocycles. The smallest absolute Gasteiger partial charge is 0.319 e. The first-order valence-electron chi connectivity index (χ1n) is 16.9. The highest BCUT2D eigenvalue weighted by Crippen LogP contribution is 2.48. The molecule has 5 heterocycles. The van der Waals surface area contributed by atoms with Crippen molar-refractivity contribution in [1.29, 1.82) is 0 Å². The van der Waals surface area contributed by atoms with Crippen LogP contribution in [0.2, 0.25) is 0 Å².